The van der Waals surface area contributed by atoms with E-state index in [1.807, 2.05) is 6.07 Å². The molecule has 0 saturated heterocycles. The number of carbonyl (C=O) groups excluding carboxylic acids is 1. The minimum absolute atomic E-state index is 0.0928. The smallest absolute Gasteiger partial charge is 0.250 e. The van der Waals surface area contributed by atoms with E-state index in [2.05, 4.69) is 10.3 Å². The number of hydrogen-bond acceptors (Lipinski definition) is 4. The fourth-order valence-electron chi connectivity index (χ4n) is 2.18. The number of rotatable bonds is 7. The van der Waals surface area contributed by atoms with Gasteiger partial charge in [0.15, 0.2) is 11.6 Å². The number of primary amides is 1. The zero-order valence-corrected chi connectivity index (χ0v) is 12.6. The zero-order chi connectivity index (χ0) is 16.2. The molecule has 1 amide bonds. The molecular weight excluding hydrogens is 297 g/mol. The van der Waals surface area contributed by atoms with E-state index in [4.69, 9.17) is 10.5 Å². The Morgan fingerprint density at radius 1 is 1.35 bits per heavy atom. The number of nitrogens with two attached hydrogens (primary N) is 1. The summed E-state index contributed by atoms with van der Waals surface area (Å²) in [7, 11) is 0. The van der Waals surface area contributed by atoms with Gasteiger partial charge >= 0.3 is 0 Å². The summed E-state index contributed by atoms with van der Waals surface area (Å²) in [6, 6.07) is 7.81. The Bertz CT molecular complexity index is 699. The Morgan fingerprint density at radius 3 is 2.78 bits per heavy atom. The van der Waals surface area contributed by atoms with Crippen molar-refractivity contribution in [3.05, 3.63) is 53.5 Å². The van der Waals surface area contributed by atoms with Gasteiger partial charge in [-0.25, -0.2) is 9.37 Å². The van der Waals surface area contributed by atoms with E-state index >= 15 is 0 Å². The molecule has 3 N–H and O–H groups in total. The lowest BCUT2D eigenvalue weighted by Crippen LogP contribution is -2.16. The average Bonchev–Trinajstić information content (AvgIpc) is 3.35. The molecule has 0 aliphatic heterocycles. The fourth-order valence-corrected chi connectivity index (χ4v) is 2.18. The maximum atomic E-state index is 14.1. The van der Waals surface area contributed by atoms with Crippen LogP contribution in [0.15, 0.2) is 36.5 Å². The number of aromatic nitrogens is 1. The van der Waals surface area contributed by atoms with Gasteiger partial charge in [-0.15, -0.1) is 0 Å². The molecule has 1 fully saturated rings. The third kappa shape index (κ3) is 4.26. The highest BCUT2D eigenvalue weighted by atomic mass is 19.1. The van der Waals surface area contributed by atoms with Crippen molar-refractivity contribution in [1.82, 2.24) is 10.3 Å². The molecule has 6 heteroatoms. The molecule has 1 saturated carbocycles. The van der Waals surface area contributed by atoms with Crippen LogP contribution in [0.2, 0.25) is 0 Å². The third-order valence-electron chi connectivity index (χ3n) is 3.69. The Kier molecular flexibility index (Phi) is 4.52. The van der Waals surface area contributed by atoms with Gasteiger partial charge in [0.1, 0.15) is 0 Å². The highest BCUT2D eigenvalue weighted by molar-refractivity contribution is 5.92. The monoisotopic (exact) mass is 315 g/mol. The van der Waals surface area contributed by atoms with Gasteiger partial charge in [0.2, 0.25) is 11.8 Å². The molecule has 1 aromatic carbocycles. The zero-order valence-electron chi connectivity index (χ0n) is 12.6. The minimum Gasteiger partial charge on any atom is -0.436 e. The molecule has 0 spiro atoms. The summed E-state index contributed by atoms with van der Waals surface area (Å²) in [6.07, 6.45) is 3.87. The van der Waals surface area contributed by atoms with Gasteiger partial charge in [-0.1, -0.05) is 6.07 Å². The van der Waals surface area contributed by atoms with Gasteiger partial charge in [-0.05, 0) is 49.1 Å². The maximum Gasteiger partial charge on any atom is 0.250 e. The minimum atomic E-state index is -0.571. The fraction of sp³-hybridized carbons (Fsp3) is 0.294. The number of carbonyl (C=O) groups is 1. The lowest BCUT2D eigenvalue weighted by atomic mass is 10.2. The second-order valence-electron chi connectivity index (χ2n) is 5.69. The SMILES string of the molecule is NC(=O)c1ccc(Oc2ccc(CNCC3CC3)cc2F)nc1. The number of pyridine rings is 1. The van der Waals surface area contributed by atoms with E-state index in [1.54, 1.807) is 6.07 Å². The molecule has 1 heterocycles. The highest BCUT2D eigenvalue weighted by Crippen LogP contribution is 2.28. The van der Waals surface area contributed by atoms with Gasteiger partial charge in [-0.3, -0.25) is 4.79 Å². The molecule has 2 aromatic rings. The first-order chi connectivity index (χ1) is 11.1. The average molecular weight is 315 g/mol. The maximum absolute atomic E-state index is 14.1. The Morgan fingerprint density at radius 2 is 2.17 bits per heavy atom. The number of benzene rings is 1. The summed E-state index contributed by atoms with van der Waals surface area (Å²) >= 11 is 0. The van der Waals surface area contributed by atoms with Crippen molar-refractivity contribution in [1.29, 1.82) is 0 Å². The highest BCUT2D eigenvalue weighted by Gasteiger charge is 2.20. The van der Waals surface area contributed by atoms with Crippen molar-refractivity contribution in [2.45, 2.75) is 19.4 Å². The van der Waals surface area contributed by atoms with Gasteiger partial charge in [-0.2, -0.15) is 0 Å². The van der Waals surface area contributed by atoms with E-state index in [1.165, 1.54) is 37.2 Å². The largest absolute Gasteiger partial charge is 0.436 e. The standard InChI is InChI=1S/C17H18FN3O2/c18-14-7-12(9-20-8-11-1-2-11)3-5-15(14)23-16-6-4-13(10-21-16)17(19)22/h3-7,10-11,20H,1-2,8-9H2,(H2,19,22). The summed E-state index contributed by atoms with van der Waals surface area (Å²) in [5.74, 6) is 0.0652. The first kappa shape index (κ1) is 15.4. The number of halogens is 1. The molecule has 0 unspecified atom stereocenters. The van der Waals surface area contributed by atoms with Crippen LogP contribution >= 0.6 is 0 Å². The molecule has 120 valence electrons. The number of nitrogens with one attached hydrogen (secondary N) is 1. The van der Waals surface area contributed by atoms with Crippen molar-refractivity contribution in [3.8, 4) is 11.6 Å². The van der Waals surface area contributed by atoms with Gasteiger partial charge < -0.3 is 15.8 Å². The summed E-state index contributed by atoms with van der Waals surface area (Å²) in [6.45, 7) is 1.62. The van der Waals surface area contributed by atoms with Gasteiger partial charge in [0, 0.05) is 18.8 Å². The molecule has 0 radical (unpaired) electrons. The second-order valence-corrected chi connectivity index (χ2v) is 5.69. The van der Waals surface area contributed by atoms with Crippen molar-refractivity contribution >= 4 is 5.91 Å². The Balaban J connectivity index is 1.61. The number of ether oxygens (including phenoxy) is 1. The first-order valence-electron chi connectivity index (χ1n) is 7.54. The second kappa shape index (κ2) is 6.75. The van der Waals surface area contributed by atoms with E-state index < -0.39 is 11.7 Å². The molecule has 0 bridgehead atoms. The quantitative estimate of drug-likeness (QED) is 0.823. The third-order valence-corrected chi connectivity index (χ3v) is 3.69. The van der Waals surface area contributed by atoms with Crippen LogP contribution in [0.1, 0.15) is 28.8 Å². The molecule has 3 rings (SSSR count). The topological polar surface area (TPSA) is 77.2 Å². The molecule has 23 heavy (non-hydrogen) atoms. The lowest BCUT2D eigenvalue weighted by molar-refractivity contribution is 0.1000. The van der Waals surface area contributed by atoms with Crippen LogP contribution in [0.5, 0.6) is 11.6 Å². The molecule has 1 aliphatic carbocycles. The first-order valence-corrected chi connectivity index (χ1v) is 7.54. The van der Waals surface area contributed by atoms with Crippen molar-refractivity contribution < 1.29 is 13.9 Å². The van der Waals surface area contributed by atoms with Crippen LogP contribution in [0.4, 0.5) is 4.39 Å². The summed E-state index contributed by atoms with van der Waals surface area (Å²) in [5.41, 5.74) is 6.28. The van der Waals surface area contributed by atoms with Gasteiger partial charge in [0.05, 0.1) is 5.56 Å². The molecule has 1 aliphatic rings. The molecule has 1 aromatic heterocycles. The number of hydrogen-bond donors (Lipinski definition) is 2. The lowest BCUT2D eigenvalue weighted by Gasteiger charge is -2.08. The summed E-state index contributed by atoms with van der Waals surface area (Å²) < 4.78 is 19.5. The van der Waals surface area contributed by atoms with Crippen LogP contribution in [-0.4, -0.2) is 17.4 Å². The summed E-state index contributed by atoms with van der Waals surface area (Å²) in [5, 5.41) is 3.31. The normalized spacial score (nSPS) is 13.8. The van der Waals surface area contributed by atoms with E-state index in [0.717, 1.165) is 18.0 Å². The Hall–Kier alpha value is -2.47. The van der Waals surface area contributed by atoms with Crippen LogP contribution in [0.3, 0.4) is 0 Å². The van der Waals surface area contributed by atoms with E-state index in [-0.39, 0.29) is 17.2 Å². The van der Waals surface area contributed by atoms with Crippen LogP contribution in [-0.2, 0) is 6.54 Å². The van der Waals surface area contributed by atoms with Crippen molar-refractivity contribution in [3.63, 3.8) is 0 Å². The Labute approximate surface area is 133 Å². The summed E-state index contributed by atoms with van der Waals surface area (Å²) in [4.78, 5) is 14.9. The predicted molar refractivity (Wildman–Crippen MR) is 83.7 cm³/mol. The molecular formula is C17H18FN3O2. The number of nitrogens with zero attached hydrogens (tertiary/aromatic N) is 1. The van der Waals surface area contributed by atoms with Crippen LogP contribution < -0.4 is 15.8 Å². The molecule has 5 nitrogen and oxygen atoms in total. The van der Waals surface area contributed by atoms with Crippen molar-refractivity contribution in [2.24, 2.45) is 11.7 Å². The predicted octanol–water partition coefficient (Wildman–Crippen LogP) is 2.61. The van der Waals surface area contributed by atoms with Crippen LogP contribution in [0.25, 0.3) is 0 Å². The molecule has 0 atom stereocenters. The van der Waals surface area contributed by atoms with Crippen molar-refractivity contribution in [2.75, 3.05) is 6.54 Å². The van der Waals surface area contributed by atoms with E-state index in [9.17, 15) is 9.18 Å². The number of amides is 1. The van der Waals surface area contributed by atoms with E-state index in [0.29, 0.717) is 6.54 Å². The van der Waals surface area contributed by atoms with Crippen LogP contribution in [0, 0.1) is 11.7 Å². The van der Waals surface area contributed by atoms with Gasteiger partial charge in [0.25, 0.3) is 0 Å².